The van der Waals surface area contributed by atoms with E-state index < -0.39 is 34.4 Å². The summed E-state index contributed by atoms with van der Waals surface area (Å²) in [4.78, 5) is 21.7. The van der Waals surface area contributed by atoms with Crippen molar-refractivity contribution in [2.75, 3.05) is 0 Å². The SMILES string of the molecule is Cc1cc(Br)c(S(=O)(=O)N[C@@H](CC(N)=O)C(=O)O)cc1Br. The Balaban J connectivity index is 3.19. The Morgan fingerprint density at radius 2 is 1.90 bits per heavy atom. The molecule has 1 rings (SSSR count). The van der Waals surface area contributed by atoms with Crippen LogP contribution in [0.1, 0.15) is 12.0 Å². The summed E-state index contributed by atoms with van der Waals surface area (Å²) in [5, 5.41) is 8.94. The standard InChI is InChI=1S/C11H12Br2N2O5S/c1-5-2-7(13)9(3-6(5)12)21(19,20)15-8(11(17)18)4-10(14)16/h2-3,8,15H,4H2,1H3,(H2,14,16)(H,17,18)/t8-/m0/s1. The number of rotatable bonds is 6. The summed E-state index contributed by atoms with van der Waals surface area (Å²) < 4.78 is 27.2. The molecule has 1 amide bonds. The Labute approximate surface area is 138 Å². The number of carboxylic acids is 1. The Bertz CT molecular complexity index is 690. The van der Waals surface area contributed by atoms with Gasteiger partial charge in [0.1, 0.15) is 6.04 Å². The number of aliphatic carboxylic acids is 1. The second-order valence-electron chi connectivity index (χ2n) is 4.21. The fraction of sp³-hybridized carbons (Fsp3) is 0.273. The maximum Gasteiger partial charge on any atom is 0.322 e. The number of aryl methyl sites for hydroxylation is 1. The molecule has 1 aromatic rings. The average Bonchev–Trinajstić information content (AvgIpc) is 2.31. The number of hydrogen-bond donors (Lipinski definition) is 3. The van der Waals surface area contributed by atoms with E-state index in [0.717, 1.165) is 5.56 Å². The highest BCUT2D eigenvalue weighted by Gasteiger charge is 2.28. The van der Waals surface area contributed by atoms with Gasteiger partial charge >= 0.3 is 5.97 Å². The number of sulfonamides is 1. The lowest BCUT2D eigenvalue weighted by atomic mass is 10.2. The number of nitrogens with one attached hydrogen (secondary N) is 1. The van der Waals surface area contributed by atoms with Gasteiger partial charge in [0.25, 0.3) is 0 Å². The zero-order valence-electron chi connectivity index (χ0n) is 10.8. The first-order valence-electron chi connectivity index (χ1n) is 5.53. The minimum absolute atomic E-state index is 0.143. The summed E-state index contributed by atoms with van der Waals surface area (Å²) >= 11 is 6.32. The predicted molar refractivity (Wildman–Crippen MR) is 82.1 cm³/mol. The maximum atomic E-state index is 12.2. The van der Waals surface area contributed by atoms with Gasteiger partial charge in [-0.15, -0.1) is 0 Å². The number of primary amides is 1. The summed E-state index contributed by atoms with van der Waals surface area (Å²) in [5.41, 5.74) is 5.71. The van der Waals surface area contributed by atoms with Gasteiger partial charge in [0, 0.05) is 8.95 Å². The van der Waals surface area contributed by atoms with Crippen molar-refractivity contribution in [3.63, 3.8) is 0 Å². The molecule has 0 unspecified atom stereocenters. The average molecular weight is 444 g/mol. The van der Waals surface area contributed by atoms with Gasteiger partial charge in [-0.2, -0.15) is 4.72 Å². The molecule has 116 valence electrons. The summed E-state index contributed by atoms with van der Waals surface area (Å²) in [6.07, 6.45) is -0.640. The van der Waals surface area contributed by atoms with Crippen molar-refractivity contribution in [2.24, 2.45) is 5.73 Å². The highest BCUT2D eigenvalue weighted by atomic mass is 79.9. The van der Waals surface area contributed by atoms with E-state index in [-0.39, 0.29) is 9.37 Å². The van der Waals surface area contributed by atoms with Crippen LogP contribution in [0.2, 0.25) is 0 Å². The monoisotopic (exact) mass is 442 g/mol. The normalized spacial score (nSPS) is 12.9. The predicted octanol–water partition coefficient (Wildman–Crippen LogP) is 1.13. The summed E-state index contributed by atoms with van der Waals surface area (Å²) in [7, 11) is -4.14. The van der Waals surface area contributed by atoms with E-state index in [9.17, 15) is 18.0 Å². The molecule has 0 bridgehead atoms. The largest absolute Gasteiger partial charge is 0.480 e. The molecular formula is C11H12Br2N2O5S. The minimum Gasteiger partial charge on any atom is -0.480 e. The molecule has 0 fully saturated rings. The van der Waals surface area contributed by atoms with Gasteiger partial charge in [-0.3, -0.25) is 9.59 Å². The zero-order chi connectivity index (χ0) is 16.4. The molecule has 0 heterocycles. The molecule has 0 saturated carbocycles. The smallest absolute Gasteiger partial charge is 0.322 e. The van der Waals surface area contributed by atoms with Gasteiger partial charge in [-0.1, -0.05) is 15.9 Å². The lowest BCUT2D eigenvalue weighted by Gasteiger charge is -2.15. The molecule has 0 aliphatic carbocycles. The van der Waals surface area contributed by atoms with Gasteiger partial charge < -0.3 is 10.8 Å². The van der Waals surface area contributed by atoms with Crippen LogP contribution >= 0.6 is 31.9 Å². The Morgan fingerprint density at radius 3 is 2.38 bits per heavy atom. The van der Waals surface area contributed by atoms with Crippen molar-refractivity contribution in [1.82, 2.24) is 4.72 Å². The van der Waals surface area contributed by atoms with Crippen LogP contribution in [0.25, 0.3) is 0 Å². The minimum atomic E-state index is -4.14. The number of hydrogen-bond acceptors (Lipinski definition) is 4. The molecule has 7 nitrogen and oxygen atoms in total. The summed E-state index contributed by atoms with van der Waals surface area (Å²) in [6.45, 7) is 1.77. The number of nitrogens with two attached hydrogens (primary N) is 1. The first-order valence-corrected chi connectivity index (χ1v) is 8.60. The van der Waals surface area contributed by atoms with E-state index in [1.165, 1.54) is 6.07 Å². The number of carbonyl (C=O) groups excluding carboxylic acids is 1. The quantitative estimate of drug-likeness (QED) is 0.607. The van der Waals surface area contributed by atoms with E-state index in [1.54, 1.807) is 13.0 Å². The second-order valence-corrected chi connectivity index (χ2v) is 7.61. The van der Waals surface area contributed by atoms with Crippen LogP contribution in [-0.2, 0) is 19.6 Å². The van der Waals surface area contributed by atoms with Gasteiger partial charge in [0.05, 0.1) is 11.3 Å². The number of halogens is 2. The Morgan fingerprint density at radius 1 is 1.33 bits per heavy atom. The molecule has 0 aromatic heterocycles. The molecule has 10 heteroatoms. The Hall–Kier alpha value is -0.970. The Kier molecular flexibility index (Phi) is 5.91. The molecular weight excluding hydrogens is 432 g/mol. The fourth-order valence-corrected chi connectivity index (χ4v) is 4.33. The van der Waals surface area contributed by atoms with Crippen LogP contribution in [0.4, 0.5) is 0 Å². The van der Waals surface area contributed by atoms with Crippen molar-refractivity contribution in [3.05, 3.63) is 26.6 Å². The van der Waals surface area contributed by atoms with Gasteiger partial charge in [-0.25, -0.2) is 8.42 Å². The number of carbonyl (C=O) groups is 2. The van der Waals surface area contributed by atoms with Crippen molar-refractivity contribution >= 4 is 53.8 Å². The first kappa shape index (κ1) is 18.1. The van der Waals surface area contributed by atoms with Crippen LogP contribution in [-0.4, -0.2) is 31.4 Å². The molecule has 0 aliphatic rings. The molecule has 21 heavy (non-hydrogen) atoms. The molecule has 4 N–H and O–H groups in total. The fourth-order valence-electron chi connectivity index (χ4n) is 1.47. The molecule has 1 aromatic carbocycles. The van der Waals surface area contributed by atoms with E-state index in [2.05, 4.69) is 31.9 Å². The van der Waals surface area contributed by atoms with Crippen LogP contribution in [0, 0.1) is 6.92 Å². The number of benzene rings is 1. The van der Waals surface area contributed by atoms with E-state index in [0.29, 0.717) is 4.47 Å². The number of carboxylic acid groups (broad SMARTS) is 1. The van der Waals surface area contributed by atoms with Crippen molar-refractivity contribution in [3.8, 4) is 0 Å². The van der Waals surface area contributed by atoms with Crippen molar-refractivity contribution in [1.29, 1.82) is 0 Å². The molecule has 0 spiro atoms. The molecule has 0 aliphatic heterocycles. The van der Waals surface area contributed by atoms with Crippen LogP contribution in [0.15, 0.2) is 26.0 Å². The lowest BCUT2D eigenvalue weighted by Crippen LogP contribution is -2.43. The third-order valence-electron chi connectivity index (χ3n) is 2.50. The van der Waals surface area contributed by atoms with Crippen LogP contribution < -0.4 is 10.5 Å². The third kappa shape index (κ3) is 4.77. The van der Waals surface area contributed by atoms with Crippen molar-refractivity contribution < 1.29 is 23.1 Å². The maximum absolute atomic E-state index is 12.2. The lowest BCUT2D eigenvalue weighted by molar-refractivity contribution is -0.140. The molecule has 1 atom stereocenters. The van der Waals surface area contributed by atoms with E-state index in [4.69, 9.17) is 10.8 Å². The summed E-state index contributed by atoms with van der Waals surface area (Å²) in [5.74, 6) is -2.41. The first-order chi connectivity index (χ1) is 9.54. The second kappa shape index (κ2) is 6.86. The number of amides is 1. The molecule has 0 saturated heterocycles. The van der Waals surface area contributed by atoms with Crippen LogP contribution in [0.5, 0.6) is 0 Å². The molecule has 0 radical (unpaired) electrons. The van der Waals surface area contributed by atoms with Gasteiger partial charge in [0.2, 0.25) is 15.9 Å². The summed E-state index contributed by atoms with van der Waals surface area (Å²) in [6, 6.07) is 1.28. The third-order valence-corrected chi connectivity index (χ3v) is 5.79. The topological polar surface area (TPSA) is 127 Å². The highest BCUT2D eigenvalue weighted by Crippen LogP contribution is 2.28. The van der Waals surface area contributed by atoms with Gasteiger partial charge in [-0.05, 0) is 40.5 Å². The van der Waals surface area contributed by atoms with E-state index >= 15 is 0 Å². The van der Waals surface area contributed by atoms with Crippen LogP contribution in [0.3, 0.4) is 0 Å². The zero-order valence-corrected chi connectivity index (χ0v) is 14.7. The highest BCUT2D eigenvalue weighted by molar-refractivity contribution is 9.11. The van der Waals surface area contributed by atoms with Gasteiger partial charge in [0.15, 0.2) is 0 Å². The van der Waals surface area contributed by atoms with Crippen molar-refractivity contribution in [2.45, 2.75) is 24.3 Å². The van der Waals surface area contributed by atoms with E-state index in [1.807, 2.05) is 4.72 Å².